The number of aliphatic carboxylic acids is 1. The molecular weight excluding hydrogens is 316 g/mol. The molecule has 1 unspecified atom stereocenters. The van der Waals surface area contributed by atoms with E-state index in [4.69, 9.17) is 0 Å². The minimum Gasteiger partial charge on any atom is -0.480 e. The first-order chi connectivity index (χ1) is 10.8. The number of thiophene rings is 1. The van der Waals surface area contributed by atoms with Crippen molar-refractivity contribution in [3.05, 3.63) is 16.0 Å². The summed E-state index contributed by atoms with van der Waals surface area (Å²) in [6.45, 7) is 5.24. The van der Waals surface area contributed by atoms with Crippen molar-refractivity contribution in [1.29, 1.82) is 0 Å². The van der Waals surface area contributed by atoms with Crippen molar-refractivity contribution in [2.75, 3.05) is 5.32 Å². The van der Waals surface area contributed by atoms with Gasteiger partial charge in [-0.05, 0) is 30.7 Å². The van der Waals surface area contributed by atoms with Crippen LogP contribution in [0.25, 0.3) is 0 Å². The van der Waals surface area contributed by atoms with Gasteiger partial charge in [0.2, 0.25) is 5.91 Å². The molecule has 1 aromatic rings. The highest BCUT2D eigenvalue weighted by Crippen LogP contribution is 2.39. The number of anilines is 1. The fourth-order valence-electron chi connectivity index (χ4n) is 2.67. The number of carbonyl (C=O) groups excluding carboxylic acids is 2. The van der Waals surface area contributed by atoms with Crippen molar-refractivity contribution < 1.29 is 19.5 Å². The number of fused-ring (bicyclic) bond motifs is 1. The van der Waals surface area contributed by atoms with Gasteiger partial charge in [0.1, 0.15) is 11.0 Å². The summed E-state index contributed by atoms with van der Waals surface area (Å²) in [5.41, 5.74) is 1.39. The molecule has 1 heterocycles. The lowest BCUT2D eigenvalue weighted by atomic mass is 10.0. The Bertz CT molecular complexity index is 636. The average Bonchev–Trinajstić information content (AvgIpc) is 3.03. The van der Waals surface area contributed by atoms with Gasteiger partial charge in [0.25, 0.3) is 5.91 Å². The molecule has 0 spiro atoms. The predicted molar refractivity (Wildman–Crippen MR) is 89.0 cm³/mol. The van der Waals surface area contributed by atoms with Crippen LogP contribution in [0.4, 0.5) is 5.00 Å². The molecule has 23 heavy (non-hydrogen) atoms. The molecule has 0 fully saturated rings. The van der Waals surface area contributed by atoms with Crippen LogP contribution in [0.1, 0.15) is 54.4 Å². The van der Waals surface area contributed by atoms with Crippen LogP contribution in [0.15, 0.2) is 0 Å². The summed E-state index contributed by atoms with van der Waals surface area (Å²) in [6, 6.07) is -0.950. The summed E-state index contributed by atoms with van der Waals surface area (Å²) in [4.78, 5) is 36.8. The van der Waals surface area contributed by atoms with Gasteiger partial charge < -0.3 is 15.7 Å². The van der Waals surface area contributed by atoms with Crippen molar-refractivity contribution in [1.82, 2.24) is 5.32 Å². The summed E-state index contributed by atoms with van der Waals surface area (Å²) in [7, 11) is 0. The fourth-order valence-corrected chi connectivity index (χ4v) is 3.98. The maximum absolute atomic E-state index is 12.7. The minimum absolute atomic E-state index is 0.155. The largest absolute Gasteiger partial charge is 0.480 e. The van der Waals surface area contributed by atoms with E-state index in [1.807, 2.05) is 0 Å². The number of carboxylic acid groups (broad SMARTS) is 1. The quantitative estimate of drug-likeness (QED) is 0.742. The molecule has 7 heteroatoms. The number of amides is 2. The Morgan fingerprint density at radius 2 is 1.96 bits per heavy atom. The zero-order valence-corrected chi connectivity index (χ0v) is 14.4. The van der Waals surface area contributed by atoms with E-state index in [9.17, 15) is 19.5 Å². The van der Waals surface area contributed by atoms with E-state index in [-0.39, 0.29) is 11.8 Å². The molecule has 126 valence electrons. The maximum atomic E-state index is 12.7. The summed E-state index contributed by atoms with van der Waals surface area (Å²) < 4.78 is 0. The third-order valence-electron chi connectivity index (χ3n) is 3.94. The second kappa shape index (κ2) is 7.12. The normalized spacial score (nSPS) is 14.4. The van der Waals surface area contributed by atoms with Crippen LogP contribution in [0.2, 0.25) is 0 Å². The summed E-state index contributed by atoms with van der Waals surface area (Å²) in [5.74, 6) is -1.86. The molecule has 1 aliphatic rings. The molecular formula is C16H22N2O4S. The smallest absolute Gasteiger partial charge is 0.326 e. The Morgan fingerprint density at radius 3 is 2.52 bits per heavy atom. The number of nitrogens with one attached hydrogen (secondary N) is 2. The van der Waals surface area contributed by atoms with E-state index in [1.54, 1.807) is 20.8 Å². The highest BCUT2D eigenvalue weighted by atomic mass is 32.1. The summed E-state index contributed by atoms with van der Waals surface area (Å²) in [5, 5.41) is 15.2. The molecule has 1 atom stereocenters. The Morgan fingerprint density at radius 1 is 1.26 bits per heavy atom. The Hall–Kier alpha value is -1.89. The first-order valence-electron chi connectivity index (χ1n) is 7.83. The average molecular weight is 338 g/mol. The first kappa shape index (κ1) is 17.5. The van der Waals surface area contributed by atoms with Crippen LogP contribution in [0.3, 0.4) is 0 Å². The Labute approximate surface area is 139 Å². The number of rotatable bonds is 6. The van der Waals surface area contributed by atoms with Gasteiger partial charge in [-0.25, -0.2) is 4.79 Å². The van der Waals surface area contributed by atoms with Gasteiger partial charge in [-0.1, -0.05) is 20.8 Å². The molecule has 6 nitrogen and oxygen atoms in total. The van der Waals surface area contributed by atoms with Crippen molar-refractivity contribution in [2.45, 2.75) is 52.5 Å². The Kier molecular flexibility index (Phi) is 5.41. The second-order valence-electron chi connectivity index (χ2n) is 6.00. The molecule has 0 aliphatic heterocycles. The molecule has 0 saturated carbocycles. The van der Waals surface area contributed by atoms with Crippen LogP contribution in [-0.4, -0.2) is 28.9 Å². The van der Waals surface area contributed by atoms with E-state index in [0.717, 1.165) is 29.7 Å². The van der Waals surface area contributed by atoms with Crippen molar-refractivity contribution >= 4 is 34.1 Å². The van der Waals surface area contributed by atoms with E-state index in [2.05, 4.69) is 10.6 Å². The van der Waals surface area contributed by atoms with Crippen LogP contribution in [0, 0.1) is 5.92 Å². The molecule has 2 amide bonds. The van der Waals surface area contributed by atoms with Gasteiger partial charge in [0.05, 0.1) is 5.56 Å². The third-order valence-corrected chi connectivity index (χ3v) is 5.15. The van der Waals surface area contributed by atoms with Gasteiger partial charge in [0, 0.05) is 11.3 Å². The van der Waals surface area contributed by atoms with Crippen LogP contribution in [-0.2, 0) is 22.4 Å². The minimum atomic E-state index is -1.06. The lowest BCUT2D eigenvalue weighted by Gasteiger charge is -2.18. The predicted octanol–water partition coefficient (Wildman–Crippen LogP) is 2.42. The standard InChI is InChI=1S/C16H22N2O4S/c1-4-11(19)17-15-12(9-6-5-7-10(9)23-15)14(20)18-13(8(2)3)16(21)22/h8,13H,4-7H2,1-3H3,(H,17,19)(H,18,20)(H,21,22). The monoisotopic (exact) mass is 338 g/mol. The molecule has 0 aromatic carbocycles. The number of carbonyl (C=O) groups is 3. The molecule has 0 saturated heterocycles. The van der Waals surface area contributed by atoms with Gasteiger partial charge in [-0.3, -0.25) is 9.59 Å². The van der Waals surface area contributed by atoms with Crippen LogP contribution < -0.4 is 10.6 Å². The molecule has 0 radical (unpaired) electrons. The number of aryl methyl sites for hydroxylation is 1. The molecule has 3 N–H and O–H groups in total. The third kappa shape index (κ3) is 3.72. The molecule has 0 bridgehead atoms. The Balaban J connectivity index is 2.31. The van der Waals surface area contributed by atoms with Crippen molar-refractivity contribution in [3.8, 4) is 0 Å². The highest BCUT2D eigenvalue weighted by molar-refractivity contribution is 7.17. The van der Waals surface area contributed by atoms with E-state index in [0.29, 0.717) is 17.0 Å². The maximum Gasteiger partial charge on any atom is 0.326 e. The van der Waals surface area contributed by atoms with Gasteiger partial charge in [0.15, 0.2) is 0 Å². The van der Waals surface area contributed by atoms with Crippen molar-refractivity contribution in [2.24, 2.45) is 5.92 Å². The second-order valence-corrected chi connectivity index (χ2v) is 7.10. The number of hydrogen-bond acceptors (Lipinski definition) is 4. The van der Waals surface area contributed by atoms with Crippen LogP contribution in [0.5, 0.6) is 0 Å². The lowest BCUT2D eigenvalue weighted by molar-refractivity contribution is -0.140. The lowest BCUT2D eigenvalue weighted by Crippen LogP contribution is -2.44. The highest BCUT2D eigenvalue weighted by Gasteiger charge is 2.30. The molecule has 1 aliphatic carbocycles. The fraction of sp³-hybridized carbons (Fsp3) is 0.562. The van der Waals surface area contributed by atoms with Gasteiger partial charge in [-0.15, -0.1) is 11.3 Å². The molecule has 2 rings (SSSR count). The molecule has 1 aromatic heterocycles. The SMILES string of the molecule is CCC(=O)Nc1sc2c(c1C(=O)NC(C(=O)O)C(C)C)CCC2. The number of hydrogen-bond donors (Lipinski definition) is 3. The summed E-state index contributed by atoms with van der Waals surface area (Å²) in [6.07, 6.45) is 2.99. The van der Waals surface area contributed by atoms with E-state index < -0.39 is 17.9 Å². The zero-order chi connectivity index (χ0) is 17.1. The van der Waals surface area contributed by atoms with Crippen molar-refractivity contribution in [3.63, 3.8) is 0 Å². The zero-order valence-electron chi connectivity index (χ0n) is 13.6. The summed E-state index contributed by atoms with van der Waals surface area (Å²) >= 11 is 1.42. The topological polar surface area (TPSA) is 95.5 Å². The van der Waals surface area contributed by atoms with E-state index in [1.165, 1.54) is 11.3 Å². The van der Waals surface area contributed by atoms with Gasteiger partial charge in [-0.2, -0.15) is 0 Å². The first-order valence-corrected chi connectivity index (χ1v) is 8.64. The van der Waals surface area contributed by atoms with Gasteiger partial charge >= 0.3 is 5.97 Å². The number of carboxylic acids is 1. The van der Waals surface area contributed by atoms with E-state index >= 15 is 0 Å². The van der Waals surface area contributed by atoms with Crippen LogP contribution >= 0.6 is 11.3 Å².